The highest BCUT2D eigenvalue weighted by Gasteiger charge is 2.37. The van der Waals surface area contributed by atoms with E-state index >= 15 is 0 Å². The topological polar surface area (TPSA) is 83.8 Å². The number of anilines is 1. The zero-order valence-corrected chi connectivity index (χ0v) is 19.4. The number of hydrogen-bond acceptors (Lipinski definition) is 5. The summed E-state index contributed by atoms with van der Waals surface area (Å²) >= 11 is 0. The van der Waals surface area contributed by atoms with Gasteiger partial charge in [-0.25, -0.2) is 13.4 Å². The molecular weight excluding hydrogens is 412 g/mol. The summed E-state index contributed by atoms with van der Waals surface area (Å²) in [6, 6.07) is 8.05. The number of nitrogens with one attached hydrogen (secondary N) is 1. The smallest absolute Gasteiger partial charge is 0.255 e. The van der Waals surface area contributed by atoms with Gasteiger partial charge in [-0.1, -0.05) is 18.2 Å². The Morgan fingerprint density at radius 2 is 1.81 bits per heavy atom. The maximum Gasteiger partial charge on any atom is 0.255 e. The first-order chi connectivity index (χ1) is 14.6. The van der Waals surface area contributed by atoms with Gasteiger partial charge in [0.1, 0.15) is 0 Å². The molecule has 8 heteroatoms. The molecule has 0 bridgehead atoms. The molecule has 0 unspecified atom stereocenters. The fraction of sp³-hybridized carbons (Fsp3) is 0.391. The third-order valence-corrected chi connectivity index (χ3v) is 7.79. The molecule has 1 saturated heterocycles. The number of likely N-dealkylation sites (tertiary alicyclic amines) is 1. The Balaban J connectivity index is 1.67. The van der Waals surface area contributed by atoms with E-state index in [1.807, 2.05) is 30.4 Å². The van der Waals surface area contributed by atoms with E-state index in [9.17, 15) is 13.2 Å². The molecule has 0 radical (unpaired) electrons. The molecule has 1 amide bonds. The molecule has 1 N–H and O–H groups in total. The van der Waals surface area contributed by atoms with Gasteiger partial charge >= 0.3 is 0 Å². The molecule has 1 aliphatic heterocycles. The summed E-state index contributed by atoms with van der Waals surface area (Å²) in [6.45, 7) is 9.20. The van der Waals surface area contributed by atoms with Crippen molar-refractivity contribution in [3.8, 4) is 0 Å². The number of rotatable bonds is 5. The predicted octanol–water partition coefficient (Wildman–Crippen LogP) is 3.05. The van der Waals surface area contributed by atoms with Crippen LogP contribution in [-0.2, 0) is 16.4 Å². The third kappa shape index (κ3) is 3.92. The highest BCUT2D eigenvalue weighted by Crippen LogP contribution is 2.26. The number of nitrogens with zero attached hydrogens (tertiary/aromatic N) is 3. The van der Waals surface area contributed by atoms with E-state index in [0.717, 1.165) is 22.7 Å². The van der Waals surface area contributed by atoms with Gasteiger partial charge in [-0.05, 0) is 50.5 Å². The van der Waals surface area contributed by atoms with Gasteiger partial charge in [0.05, 0.1) is 22.2 Å². The van der Waals surface area contributed by atoms with Crippen molar-refractivity contribution in [1.82, 2.24) is 14.3 Å². The SMILES string of the molecule is Cc1cccc(C)c1CNc1cc(C(=O)N2CC(S(C)(=O)=O)C2)cn2c(C)c(C)nc12. The van der Waals surface area contributed by atoms with Gasteiger partial charge in [0.2, 0.25) is 0 Å². The van der Waals surface area contributed by atoms with E-state index in [4.69, 9.17) is 0 Å². The fourth-order valence-corrected chi connectivity index (χ4v) is 4.89. The molecule has 1 fully saturated rings. The number of aromatic nitrogens is 2. The maximum atomic E-state index is 13.1. The Morgan fingerprint density at radius 3 is 2.42 bits per heavy atom. The van der Waals surface area contributed by atoms with Crippen molar-refractivity contribution in [2.24, 2.45) is 0 Å². The summed E-state index contributed by atoms with van der Waals surface area (Å²) in [5.74, 6) is -0.164. The van der Waals surface area contributed by atoms with Crippen molar-refractivity contribution in [2.45, 2.75) is 39.5 Å². The number of pyridine rings is 1. The summed E-state index contributed by atoms with van der Waals surface area (Å²) < 4.78 is 25.4. The fourth-order valence-electron chi connectivity index (χ4n) is 3.99. The average molecular weight is 441 g/mol. The van der Waals surface area contributed by atoms with Crippen LogP contribution in [0.15, 0.2) is 30.5 Å². The monoisotopic (exact) mass is 440 g/mol. The van der Waals surface area contributed by atoms with Gasteiger partial charge in [0.15, 0.2) is 15.5 Å². The maximum absolute atomic E-state index is 13.1. The van der Waals surface area contributed by atoms with Crippen LogP contribution in [-0.4, -0.2) is 53.2 Å². The molecule has 0 spiro atoms. The molecule has 3 heterocycles. The van der Waals surface area contributed by atoms with Crippen LogP contribution in [0.1, 0.15) is 38.4 Å². The Morgan fingerprint density at radius 1 is 1.16 bits per heavy atom. The first-order valence-corrected chi connectivity index (χ1v) is 12.3. The van der Waals surface area contributed by atoms with E-state index < -0.39 is 15.1 Å². The van der Waals surface area contributed by atoms with Gasteiger partial charge in [-0.3, -0.25) is 4.79 Å². The predicted molar refractivity (Wildman–Crippen MR) is 122 cm³/mol. The summed E-state index contributed by atoms with van der Waals surface area (Å²) in [5.41, 5.74) is 7.58. The lowest BCUT2D eigenvalue weighted by Gasteiger charge is -2.38. The summed E-state index contributed by atoms with van der Waals surface area (Å²) in [5, 5.41) is 3.01. The van der Waals surface area contributed by atoms with Crippen LogP contribution in [0.4, 0.5) is 5.69 Å². The normalized spacial score (nSPS) is 14.7. The van der Waals surface area contributed by atoms with E-state index in [1.165, 1.54) is 22.9 Å². The minimum absolute atomic E-state index is 0.164. The average Bonchev–Trinajstić information content (AvgIpc) is 2.93. The standard InChI is InChI=1S/C23H28N4O3S/c1-14-7-6-8-15(2)20(14)10-24-21-9-18(11-27-17(4)16(3)25-22(21)27)23(28)26-12-19(13-26)31(5,29)30/h6-9,11,19,24H,10,12-13H2,1-5H3. The summed E-state index contributed by atoms with van der Waals surface area (Å²) in [4.78, 5) is 19.3. The molecule has 164 valence electrons. The lowest BCUT2D eigenvalue weighted by Crippen LogP contribution is -2.56. The van der Waals surface area contributed by atoms with E-state index in [0.29, 0.717) is 12.1 Å². The van der Waals surface area contributed by atoms with Gasteiger partial charge in [0, 0.05) is 37.8 Å². The number of amides is 1. The minimum atomic E-state index is -3.13. The minimum Gasteiger partial charge on any atom is -0.378 e. The molecular formula is C23H28N4O3S. The van der Waals surface area contributed by atoms with Crippen molar-refractivity contribution in [3.63, 3.8) is 0 Å². The van der Waals surface area contributed by atoms with Crippen molar-refractivity contribution in [1.29, 1.82) is 0 Å². The summed E-state index contributed by atoms with van der Waals surface area (Å²) in [7, 11) is -3.13. The van der Waals surface area contributed by atoms with E-state index in [2.05, 4.69) is 36.3 Å². The number of imidazole rings is 1. The second-order valence-electron chi connectivity index (χ2n) is 8.50. The Kier molecular flexibility index (Phi) is 5.29. The number of sulfone groups is 1. The van der Waals surface area contributed by atoms with Crippen molar-refractivity contribution >= 4 is 27.1 Å². The Bertz CT molecular complexity index is 1270. The number of benzene rings is 1. The van der Waals surface area contributed by atoms with Crippen molar-refractivity contribution in [2.75, 3.05) is 24.7 Å². The van der Waals surface area contributed by atoms with Gasteiger partial charge < -0.3 is 14.6 Å². The number of carbonyl (C=O) groups excluding carboxylic acids is 1. The van der Waals surface area contributed by atoms with Crippen LogP contribution < -0.4 is 5.32 Å². The Hall–Kier alpha value is -2.87. The number of aryl methyl sites for hydroxylation is 4. The van der Waals surface area contributed by atoms with Crippen LogP contribution in [0.25, 0.3) is 5.65 Å². The van der Waals surface area contributed by atoms with E-state index in [1.54, 1.807) is 11.1 Å². The number of fused-ring (bicyclic) bond motifs is 1. The van der Waals surface area contributed by atoms with Gasteiger partial charge in [0.25, 0.3) is 5.91 Å². The second kappa shape index (κ2) is 7.67. The molecule has 1 aliphatic rings. The van der Waals surface area contributed by atoms with Crippen LogP contribution in [0.5, 0.6) is 0 Å². The highest BCUT2D eigenvalue weighted by atomic mass is 32.2. The zero-order chi connectivity index (χ0) is 22.5. The molecule has 4 rings (SSSR count). The lowest BCUT2D eigenvalue weighted by molar-refractivity contribution is 0.0659. The second-order valence-corrected chi connectivity index (χ2v) is 10.8. The number of carbonyl (C=O) groups is 1. The van der Waals surface area contributed by atoms with Crippen LogP contribution >= 0.6 is 0 Å². The molecule has 0 atom stereocenters. The number of hydrogen-bond donors (Lipinski definition) is 1. The molecule has 3 aromatic rings. The Labute approximate surface area is 183 Å². The van der Waals surface area contributed by atoms with Crippen molar-refractivity contribution in [3.05, 3.63) is 64.1 Å². The molecule has 1 aromatic carbocycles. The van der Waals surface area contributed by atoms with Crippen molar-refractivity contribution < 1.29 is 13.2 Å². The van der Waals surface area contributed by atoms with Gasteiger partial charge in [-0.2, -0.15) is 0 Å². The largest absolute Gasteiger partial charge is 0.378 e. The first-order valence-electron chi connectivity index (χ1n) is 10.3. The van der Waals surface area contributed by atoms with Crippen LogP contribution in [0.2, 0.25) is 0 Å². The molecule has 0 aliphatic carbocycles. The zero-order valence-electron chi connectivity index (χ0n) is 18.6. The quantitative estimate of drug-likeness (QED) is 0.659. The molecule has 2 aromatic heterocycles. The molecule has 0 saturated carbocycles. The van der Waals surface area contributed by atoms with Crippen LogP contribution in [0.3, 0.4) is 0 Å². The molecule has 7 nitrogen and oxygen atoms in total. The van der Waals surface area contributed by atoms with E-state index in [-0.39, 0.29) is 19.0 Å². The third-order valence-electron chi connectivity index (χ3n) is 6.28. The lowest BCUT2D eigenvalue weighted by atomic mass is 10.0. The first kappa shape index (κ1) is 21.4. The van der Waals surface area contributed by atoms with Gasteiger partial charge in [-0.15, -0.1) is 0 Å². The highest BCUT2D eigenvalue weighted by molar-refractivity contribution is 7.91. The molecule has 31 heavy (non-hydrogen) atoms. The summed E-state index contributed by atoms with van der Waals surface area (Å²) in [6.07, 6.45) is 3.02. The van der Waals surface area contributed by atoms with Crippen LogP contribution in [0, 0.1) is 27.7 Å².